The topological polar surface area (TPSA) is 124 Å². The average molecular weight is 601 g/mol. The standard InChI is InChI=1S/C14H8F9NO7S4/c15-11(16,12(17,18)33(25,26)24-34(27,28)14(21,22)23)13(19,20)35(29,30)31-9-5-6-10(32)8-4-2-1-3-7(8)9/h1-6,24,32H. The van der Waals surface area contributed by atoms with Crippen molar-refractivity contribution in [3.63, 3.8) is 0 Å². The first kappa shape index (κ1) is 29.3. The third-order valence-electron chi connectivity index (χ3n) is 3.97. The highest BCUT2D eigenvalue weighted by Gasteiger charge is 2.83. The number of thiol groups is 1. The van der Waals surface area contributed by atoms with Gasteiger partial charge >= 0.3 is 42.1 Å². The van der Waals surface area contributed by atoms with Crippen molar-refractivity contribution in [1.29, 1.82) is 0 Å². The van der Waals surface area contributed by atoms with Gasteiger partial charge in [0.15, 0.2) is 5.75 Å². The summed E-state index contributed by atoms with van der Waals surface area (Å²) in [4.78, 5) is 0.0945. The van der Waals surface area contributed by atoms with E-state index < -0.39 is 62.0 Å². The van der Waals surface area contributed by atoms with Gasteiger partial charge in [-0.2, -0.15) is 47.9 Å². The maximum Gasteiger partial charge on any atom is 0.512 e. The quantitative estimate of drug-likeness (QED) is 0.270. The van der Waals surface area contributed by atoms with E-state index in [2.05, 4.69) is 16.8 Å². The predicted molar refractivity (Wildman–Crippen MR) is 103 cm³/mol. The number of benzene rings is 2. The largest absolute Gasteiger partial charge is 0.512 e. The van der Waals surface area contributed by atoms with E-state index in [-0.39, 0.29) is 15.7 Å². The molecule has 0 saturated carbocycles. The number of fused-ring (bicyclic) bond motifs is 1. The molecule has 0 unspecified atom stereocenters. The highest BCUT2D eigenvalue weighted by Crippen LogP contribution is 2.51. The zero-order valence-corrected chi connectivity index (χ0v) is 19.2. The van der Waals surface area contributed by atoms with Gasteiger partial charge in [-0.3, -0.25) is 0 Å². The number of hydrogen-bond acceptors (Lipinski definition) is 8. The van der Waals surface area contributed by atoms with E-state index >= 15 is 0 Å². The Kier molecular flexibility index (Phi) is 7.16. The summed E-state index contributed by atoms with van der Waals surface area (Å²) >= 11 is 3.96. The minimum atomic E-state index is -7.87. The van der Waals surface area contributed by atoms with Crippen molar-refractivity contribution >= 4 is 53.6 Å². The first-order valence-corrected chi connectivity index (χ1v) is 12.9. The summed E-state index contributed by atoms with van der Waals surface area (Å²) in [5.41, 5.74) is -6.66. The van der Waals surface area contributed by atoms with Crippen LogP contribution < -0.4 is 8.31 Å². The molecule has 2 aromatic rings. The molecule has 198 valence electrons. The first-order valence-electron chi connectivity index (χ1n) is 8.05. The lowest BCUT2D eigenvalue weighted by molar-refractivity contribution is -0.245. The van der Waals surface area contributed by atoms with Crippen LogP contribution in [0.25, 0.3) is 10.8 Å². The van der Waals surface area contributed by atoms with Gasteiger partial charge in [-0.1, -0.05) is 28.4 Å². The summed E-state index contributed by atoms with van der Waals surface area (Å²) in [5.74, 6) is -8.71. The van der Waals surface area contributed by atoms with Crippen LogP contribution in [-0.2, 0) is 30.2 Å². The SMILES string of the molecule is O=S(=O)(NS(=O)(=O)C(F)(F)C(F)(F)C(F)(F)S(=O)(=O)Oc1ccc(S)c2ccccc12)C(F)(F)F. The van der Waals surface area contributed by atoms with Crippen LogP contribution in [0.3, 0.4) is 0 Å². The second-order valence-corrected chi connectivity index (χ2v) is 12.0. The minimum Gasteiger partial charge on any atom is -0.377 e. The van der Waals surface area contributed by atoms with Gasteiger partial charge in [0, 0.05) is 10.3 Å². The number of nitrogens with one attached hydrogen (secondary N) is 1. The summed E-state index contributed by atoms with van der Waals surface area (Å²) in [6, 6.07) is 6.31. The molecule has 0 bridgehead atoms. The van der Waals surface area contributed by atoms with Crippen LogP contribution in [0.15, 0.2) is 41.3 Å². The Morgan fingerprint density at radius 3 is 1.66 bits per heavy atom. The van der Waals surface area contributed by atoms with E-state index in [1.807, 2.05) is 0 Å². The summed E-state index contributed by atoms with van der Waals surface area (Å²) in [7, 11) is -22.4. The highest BCUT2D eigenvalue weighted by atomic mass is 32.3. The smallest absolute Gasteiger partial charge is 0.377 e. The lowest BCUT2D eigenvalue weighted by Crippen LogP contribution is -2.64. The molecule has 0 amide bonds. The third kappa shape index (κ3) is 4.74. The Bertz CT molecular complexity index is 1470. The Hall–Kier alpha value is -1.97. The fraction of sp³-hybridized carbons (Fsp3) is 0.286. The Morgan fingerprint density at radius 2 is 1.17 bits per heavy atom. The normalized spacial score (nSPS) is 14.8. The second kappa shape index (κ2) is 8.56. The van der Waals surface area contributed by atoms with Crippen LogP contribution in [0.5, 0.6) is 5.75 Å². The number of sulfonamides is 2. The molecule has 0 aliphatic carbocycles. The van der Waals surface area contributed by atoms with Gasteiger partial charge in [0.1, 0.15) is 0 Å². The average Bonchev–Trinajstić information content (AvgIpc) is 2.68. The summed E-state index contributed by atoms with van der Waals surface area (Å²) in [6.45, 7) is 0. The monoisotopic (exact) mass is 601 g/mol. The Labute approximate surface area is 195 Å². The van der Waals surface area contributed by atoms with Crippen molar-refractivity contribution in [3.8, 4) is 5.75 Å². The van der Waals surface area contributed by atoms with Gasteiger partial charge in [0.2, 0.25) is 0 Å². The molecule has 0 aliphatic rings. The molecule has 0 spiro atoms. The van der Waals surface area contributed by atoms with E-state index in [1.165, 1.54) is 18.2 Å². The minimum absolute atomic E-state index is 0.00748. The summed E-state index contributed by atoms with van der Waals surface area (Å²) in [6.07, 6.45) is 0. The zero-order chi connectivity index (χ0) is 27.5. The Morgan fingerprint density at radius 1 is 0.686 bits per heavy atom. The summed E-state index contributed by atoms with van der Waals surface area (Å²) in [5, 5.41) is -15.0. The van der Waals surface area contributed by atoms with E-state index in [0.717, 1.165) is 12.1 Å². The summed E-state index contributed by atoms with van der Waals surface area (Å²) < 4.78 is 192. The van der Waals surface area contributed by atoms with Crippen molar-refractivity contribution in [2.45, 2.75) is 26.8 Å². The van der Waals surface area contributed by atoms with Crippen LogP contribution in [-0.4, -0.2) is 47.2 Å². The number of alkyl halides is 9. The molecule has 0 heterocycles. The number of hydrogen-bond donors (Lipinski definition) is 2. The van der Waals surface area contributed by atoms with E-state index in [9.17, 15) is 64.8 Å². The third-order valence-corrected chi connectivity index (χ3v) is 8.94. The predicted octanol–water partition coefficient (Wildman–Crippen LogP) is 3.43. The van der Waals surface area contributed by atoms with Crippen molar-refractivity contribution < 1.29 is 69.0 Å². The fourth-order valence-corrected chi connectivity index (χ4v) is 5.92. The molecule has 0 aliphatic heterocycles. The number of rotatable bonds is 8. The van der Waals surface area contributed by atoms with Crippen molar-refractivity contribution in [3.05, 3.63) is 36.4 Å². The van der Waals surface area contributed by atoms with Crippen LogP contribution >= 0.6 is 12.6 Å². The zero-order valence-electron chi connectivity index (χ0n) is 15.9. The van der Waals surface area contributed by atoms with E-state index in [0.29, 0.717) is 6.07 Å². The molecule has 2 rings (SSSR count). The lowest BCUT2D eigenvalue weighted by atomic mass is 10.1. The van der Waals surface area contributed by atoms with Gasteiger partial charge in [-0.15, -0.1) is 12.6 Å². The van der Waals surface area contributed by atoms with Crippen molar-refractivity contribution in [2.24, 2.45) is 0 Å². The van der Waals surface area contributed by atoms with Gasteiger partial charge in [-0.25, -0.2) is 16.8 Å². The molecular formula is C14H8F9NO7S4. The van der Waals surface area contributed by atoms with Gasteiger partial charge in [-0.05, 0) is 17.5 Å². The van der Waals surface area contributed by atoms with Gasteiger partial charge < -0.3 is 4.18 Å². The maximum atomic E-state index is 14.2. The Balaban J connectivity index is 2.58. The first-order chi connectivity index (χ1) is 15.4. The highest BCUT2D eigenvalue weighted by molar-refractivity contribution is 8.05. The van der Waals surface area contributed by atoms with E-state index in [1.54, 1.807) is 0 Å². The fourth-order valence-electron chi connectivity index (χ4n) is 2.24. The molecule has 0 aromatic heterocycles. The molecule has 0 fully saturated rings. The molecular weight excluding hydrogens is 593 g/mol. The van der Waals surface area contributed by atoms with Crippen LogP contribution in [0.4, 0.5) is 39.5 Å². The maximum absolute atomic E-state index is 14.2. The second-order valence-electron chi connectivity index (χ2n) is 6.31. The van der Waals surface area contributed by atoms with Crippen LogP contribution in [0, 0.1) is 0 Å². The molecule has 2 aromatic carbocycles. The molecule has 35 heavy (non-hydrogen) atoms. The molecule has 8 nitrogen and oxygen atoms in total. The lowest BCUT2D eigenvalue weighted by Gasteiger charge is -2.31. The van der Waals surface area contributed by atoms with E-state index in [4.69, 9.17) is 0 Å². The molecule has 1 N–H and O–H groups in total. The molecule has 0 atom stereocenters. The molecule has 21 heteroatoms. The van der Waals surface area contributed by atoms with Gasteiger partial charge in [0.05, 0.1) is 0 Å². The van der Waals surface area contributed by atoms with Crippen LogP contribution in [0.2, 0.25) is 0 Å². The van der Waals surface area contributed by atoms with Crippen molar-refractivity contribution in [2.75, 3.05) is 0 Å². The van der Waals surface area contributed by atoms with Gasteiger partial charge in [0.25, 0.3) is 10.0 Å². The molecule has 0 radical (unpaired) electrons. The van der Waals surface area contributed by atoms with Crippen molar-refractivity contribution in [1.82, 2.24) is 4.13 Å². The number of halogens is 9. The van der Waals surface area contributed by atoms with Crippen LogP contribution in [0.1, 0.15) is 0 Å². The molecule has 0 saturated heterocycles.